The highest BCUT2D eigenvalue weighted by molar-refractivity contribution is 9.10. The summed E-state index contributed by atoms with van der Waals surface area (Å²) in [5.74, 6) is -1.02. The minimum absolute atomic E-state index is 0.100. The van der Waals surface area contributed by atoms with Gasteiger partial charge in [0.1, 0.15) is 0 Å². The Labute approximate surface area is 81.6 Å². The normalized spacial score (nSPS) is 9.77. The lowest BCUT2D eigenvalue weighted by Crippen LogP contribution is -1.96. The average molecular weight is 250 g/mol. The third kappa shape index (κ3) is 1.95. The van der Waals surface area contributed by atoms with Crippen LogP contribution in [-0.2, 0) is 0 Å². The van der Waals surface area contributed by atoms with E-state index in [0.29, 0.717) is 4.47 Å². The van der Waals surface area contributed by atoms with E-state index >= 15 is 0 Å². The number of nitro groups is 1. The van der Waals surface area contributed by atoms with E-state index in [1.54, 1.807) is 0 Å². The molecule has 13 heavy (non-hydrogen) atoms. The maximum Gasteiger partial charge on any atom is 0.346 e. The van der Waals surface area contributed by atoms with Crippen molar-refractivity contribution in [2.75, 3.05) is 7.11 Å². The zero-order chi connectivity index (χ0) is 10.0. The van der Waals surface area contributed by atoms with Crippen LogP contribution in [0.25, 0.3) is 0 Å². The van der Waals surface area contributed by atoms with E-state index in [1.807, 2.05) is 0 Å². The zero-order valence-corrected chi connectivity index (χ0v) is 8.17. The van der Waals surface area contributed by atoms with Crippen LogP contribution in [0.1, 0.15) is 0 Å². The molecule has 1 aromatic carbocycles. The monoisotopic (exact) mass is 249 g/mol. The van der Waals surface area contributed by atoms with Gasteiger partial charge in [0.2, 0.25) is 11.6 Å². The first-order chi connectivity index (χ1) is 6.06. The van der Waals surface area contributed by atoms with Crippen LogP contribution in [0.4, 0.5) is 10.1 Å². The number of rotatable bonds is 2. The van der Waals surface area contributed by atoms with E-state index in [-0.39, 0.29) is 5.75 Å². The first kappa shape index (κ1) is 9.91. The van der Waals surface area contributed by atoms with Gasteiger partial charge in [-0.3, -0.25) is 10.1 Å². The largest absolute Gasteiger partial charge is 0.490 e. The summed E-state index contributed by atoms with van der Waals surface area (Å²) in [7, 11) is 1.24. The first-order valence-electron chi connectivity index (χ1n) is 3.23. The molecule has 0 spiro atoms. The lowest BCUT2D eigenvalue weighted by molar-refractivity contribution is -0.388. The lowest BCUT2D eigenvalue weighted by Gasteiger charge is -2.02. The molecule has 0 bridgehead atoms. The van der Waals surface area contributed by atoms with Crippen LogP contribution in [0.15, 0.2) is 16.6 Å². The van der Waals surface area contributed by atoms with Gasteiger partial charge < -0.3 is 4.74 Å². The topological polar surface area (TPSA) is 52.4 Å². The molecule has 0 saturated heterocycles. The van der Waals surface area contributed by atoms with Gasteiger partial charge in [0.25, 0.3) is 0 Å². The number of benzene rings is 1. The molecular weight excluding hydrogens is 245 g/mol. The van der Waals surface area contributed by atoms with Crippen LogP contribution in [0.5, 0.6) is 5.75 Å². The molecule has 0 saturated carbocycles. The Morgan fingerprint density at radius 3 is 2.69 bits per heavy atom. The molecule has 0 aliphatic heterocycles. The van der Waals surface area contributed by atoms with Crippen molar-refractivity contribution < 1.29 is 14.1 Å². The number of nitrogens with zero attached hydrogens (tertiary/aromatic N) is 1. The smallest absolute Gasteiger partial charge is 0.346 e. The van der Waals surface area contributed by atoms with E-state index in [2.05, 4.69) is 20.7 Å². The fourth-order valence-electron chi connectivity index (χ4n) is 0.875. The Morgan fingerprint density at radius 1 is 1.62 bits per heavy atom. The Hall–Kier alpha value is -1.17. The maximum absolute atomic E-state index is 13.0. The molecule has 6 heteroatoms. The molecule has 0 aliphatic rings. The Balaban J connectivity index is 3.38. The predicted octanol–water partition coefficient (Wildman–Crippen LogP) is 2.51. The lowest BCUT2D eigenvalue weighted by atomic mass is 10.3. The summed E-state index contributed by atoms with van der Waals surface area (Å²) in [6, 6.07) is 2.35. The van der Waals surface area contributed by atoms with Crippen molar-refractivity contribution >= 4 is 21.6 Å². The van der Waals surface area contributed by atoms with E-state index in [0.717, 1.165) is 6.07 Å². The van der Waals surface area contributed by atoms with Gasteiger partial charge in [-0.15, -0.1) is 0 Å². The number of nitro benzene ring substituents is 1. The quantitative estimate of drug-likeness (QED) is 0.598. The zero-order valence-electron chi connectivity index (χ0n) is 6.58. The minimum atomic E-state index is -0.920. The Morgan fingerprint density at radius 2 is 2.23 bits per heavy atom. The molecule has 1 aromatic rings. The number of methoxy groups -OCH3 is 1. The average Bonchev–Trinajstić information content (AvgIpc) is 2.01. The van der Waals surface area contributed by atoms with Gasteiger partial charge in [-0.25, -0.2) is 0 Å². The second-order valence-corrected chi connectivity index (χ2v) is 3.11. The molecular formula is C7H5BrFNO3. The molecule has 0 radical (unpaired) electrons. The molecule has 1 rings (SSSR count). The third-order valence-corrected chi connectivity index (χ3v) is 1.85. The molecule has 0 atom stereocenters. The predicted molar refractivity (Wildman–Crippen MR) is 47.3 cm³/mol. The van der Waals surface area contributed by atoms with Crippen LogP contribution < -0.4 is 4.74 Å². The van der Waals surface area contributed by atoms with Gasteiger partial charge in [-0.05, 0) is 6.07 Å². The van der Waals surface area contributed by atoms with Crippen LogP contribution in [0.3, 0.4) is 0 Å². The first-order valence-corrected chi connectivity index (χ1v) is 4.03. The Kier molecular flexibility index (Phi) is 2.82. The van der Waals surface area contributed by atoms with E-state index in [4.69, 9.17) is 0 Å². The standard InChI is InChI=1S/C7H5BrFNO3/c1-13-6-3-4(8)2-5(9)7(6)10(11)12/h2-3H,1H3. The van der Waals surface area contributed by atoms with Gasteiger partial charge in [-0.1, -0.05) is 15.9 Å². The highest BCUT2D eigenvalue weighted by atomic mass is 79.9. The van der Waals surface area contributed by atoms with Crippen LogP contribution in [0.2, 0.25) is 0 Å². The second-order valence-electron chi connectivity index (χ2n) is 2.20. The Bertz CT molecular complexity index is 356. The molecule has 70 valence electrons. The minimum Gasteiger partial charge on any atom is -0.490 e. The fourth-order valence-corrected chi connectivity index (χ4v) is 1.28. The molecule has 0 amide bonds. The van der Waals surface area contributed by atoms with Crippen LogP contribution in [-0.4, -0.2) is 12.0 Å². The molecule has 0 aromatic heterocycles. The summed E-state index contributed by atoms with van der Waals surface area (Å²) < 4.78 is 18.0. The van der Waals surface area contributed by atoms with Crippen molar-refractivity contribution in [3.05, 3.63) is 32.5 Å². The van der Waals surface area contributed by atoms with Crippen molar-refractivity contribution in [3.8, 4) is 5.75 Å². The summed E-state index contributed by atoms with van der Waals surface area (Å²) >= 11 is 2.99. The van der Waals surface area contributed by atoms with Crippen molar-refractivity contribution in [1.29, 1.82) is 0 Å². The van der Waals surface area contributed by atoms with Gasteiger partial charge in [0.15, 0.2) is 0 Å². The summed E-state index contributed by atoms with van der Waals surface area (Å²) in [4.78, 5) is 9.56. The second kappa shape index (κ2) is 3.69. The summed E-state index contributed by atoms with van der Waals surface area (Å²) in [6.45, 7) is 0. The molecule has 0 aliphatic carbocycles. The van der Waals surface area contributed by atoms with Gasteiger partial charge >= 0.3 is 5.69 Å². The van der Waals surface area contributed by atoms with Crippen LogP contribution in [0, 0.1) is 15.9 Å². The third-order valence-electron chi connectivity index (χ3n) is 1.40. The van der Waals surface area contributed by atoms with Crippen molar-refractivity contribution in [2.24, 2.45) is 0 Å². The number of ether oxygens (including phenoxy) is 1. The summed E-state index contributed by atoms with van der Waals surface area (Å²) in [6.07, 6.45) is 0. The molecule has 0 fully saturated rings. The highest BCUT2D eigenvalue weighted by Gasteiger charge is 2.21. The van der Waals surface area contributed by atoms with Gasteiger partial charge in [-0.2, -0.15) is 4.39 Å². The molecule has 4 nitrogen and oxygen atoms in total. The number of hydrogen-bond acceptors (Lipinski definition) is 3. The summed E-state index contributed by atoms with van der Waals surface area (Å²) in [5, 5.41) is 10.4. The van der Waals surface area contributed by atoms with E-state index in [9.17, 15) is 14.5 Å². The fraction of sp³-hybridized carbons (Fsp3) is 0.143. The number of halogens is 2. The molecule has 0 N–H and O–H groups in total. The highest BCUT2D eigenvalue weighted by Crippen LogP contribution is 2.32. The van der Waals surface area contributed by atoms with Crippen molar-refractivity contribution in [3.63, 3.8) is 0 Å². The number of hydrogen-bond donors (Lipinski definition) is 0. The molecule has 0 unspecified atom stereocenters. The van der Waals surface area contributed by atoms with Gasteiger partial charge in [0.05, 0.1) is 12.0 Å². The summed E-state index contributed by atoms with van der Waals surface area (Å²) in [5.41, 5.74) is -0.647. The van der Waals surface area contributed by atoms with Crippen molar-refractivity contribution in [1.82, 2.24) is 0 Å². The SMILES string of the molecule is COc1cc(Br)cc(F)c1[N+](=O)[O-]. The van der Waals surface area contributed by atoms with Crippen LogP contribution >= 0.6 is 15.9 Å². The van der Waals surface area contributed by atoms with Gasteiger partial charge in [0, 0.05) is 10.5 Å². The molecule has 0 heterocycles. The van der Waals surface area contributed by atoms with E-state index < -0.39 is 16.4 Å². The maximum atomic E-state index is 13.0. The van der Waals surface area contributed by atoms with E-state index in [1.165, 1.54) is 13.2 Å². The van der Waals surface area contributed by atoms with Crippen molar-refractivity contribution in [2.45, 2.75) is 0 Å².